The summed E-state index contributed by atoms with van der Waals surface area (Å²) in [5.74, 6) is 0. The second kappa shape index (κ2) is 1.96. The Morgan fingerprint density at radius 1 is 1.44 bits per heavy atom. The molecule has 2 atom stereocenters. The second-order valence-corrected chi connectivity index (χ2v) is 2.96. The van der Waals surface area contributed by atoms with Gasteiger partial charge < -0.3 is 9.64 Å². The van der Waals surface area contributed by atoms with Crippen molar-refractivity contribution in [1.29, 1.82) is 0 Å². The fraction of sp³-hybridized carbons (Fsp3) is 0.857. The minimum atomic E-state index is 0.493. The van der Waals surface area contributed by atoms with Gasteiger partial charge >= 0.3 is 0 Å². The van der Waals surface area contributed by atoms with Crippen molar-refractivity contribution in [3.05, 3.63) is 7.05 Å². The molecule has 3 saturated heterocycles. The number of hydrogen-bond donors (Lipinski definition) is 0. The van der Waals surface area contributed by atoms with Crippen LogP contribution < -0.4 is 0 Å². The predicted molar refractivity (Wildman–Crippen MR) is 34.8 cm³/mol. The molecule has 0 amide bonds. The molecule has 0 N–H and O–H groups in total. The van der Waals surface area contributed by atoms with Crippen LogP contribution in [0.1, 0.15) is 12.8 Å². The van der Waals surface area contributed by atoms with Crippen LogP contribution in [-0.4, -0.2) is 30.2 Å². The first kappa shape index (κ1) is 5.69. The van der Waals surface area contributed by atoms with Gasteiger partial charge in [0.2, 0.25) is 0 Å². The zero-order chi connectivity index (χ0) is 6.27. The van der Waals surface area contributed by atoms with Gasteiger partial charge in [0.25, 0.3) is 0 Å². The lowest BCUT2D eigenvalue weighted by Crippen LogP contribution is -2.51. The molecule has 9 heavy (non-hydrogen) atoms. The topological polar surface area (TPSA) is 12.5 Å². The maximum Gasteiger partial charge on any atom is 0.0679 e. The smallest absolute Gasteiger partial charge is 0.0679 e. The van der Waals surface area contributed by atoms with Gasteiger partial charge in [0, 0.05) is 6.04 Å². The van der Waals surface area contributed by atoms with E-state index in [1.807, 2.05) is 0 Å². The van der Waals surface area contributed by atoms with Crippen molar-refractivity contribution >= 4 is 0 Å². The monoisotopic (exact) mass is 126 g/mol. The molecule has 3 rings (SSSR count). The zero-order valence-electron chi connectivity index (χ0n) is 5.55. The van der Waals surface area contributed by atoms with E-state index in [-0.39, 0.29) is 0 Å². The van der Waals surface area contributed by atoms with E-state index in [1.54, 1.807) is 0 Å². The number of nitrogens with zero attached hydrogens (tertiary/aromatic N) is 1. The highest BCUT2D eigenvalue weighted by molar-refractivity contribution is 4.86. The van der Waals surface area contributed by atoms with E-state index in [4.69, 9.17) is 4.74 Å². The molecule has 0 spiro atoms. The molecule has 0 aromatic carbocycles. The van der Waals surface area contributed by atoms with Crippen LogP contribution in [0.3, 0.4) is 0 Å². The average Bonchev–Trinajstić information content (AvgIpc) is 1.90. The molecule has 0 radical (unpaired) electrons. The minimum absolute atomic E-state index is 0.493. The number of piperidine rings is 1. The Morgan fingerprint density at radius 2 is 2.33 bits per heavy atom. The van der Waals surface area contributed by atoms with Crippen molar-refractivity contribution in [2.24, 2.45) is 0 Å². The summed E-state index contributed by atoms with van der Waals surface area (Å²) in [6.07, 6.45) is 3.03. The first-order chi connectivity index (χ1) is 4.36. The van der Waals surface area contributed by atoms with Gasteiger partial charge in [0.05, 0.1) is 12.7 Å². The van der Waals surface area contributed by atoms with Crippen molar-refractivity contribution < 1.29 is 4.74 Å². The quantitative estimate of drug-likeness (QED) is 0.442. The van der Waals surface area contributed by atoms with E-state index < -0.39 is 0 Å². The normalized spacial score (nSPS) is 43.7. The van der Waals surface area contributed by atoms with E-state index in [1.165, 1.54) is 12.8 Å². The van der Waals surface area contributed by atoms with Crippen LogP contribution in [0.4, 0.5) is 0 Å². The summed E-state index contributed by atoms with van der Waals surface area (Å²) in [5.41, 5.74) is 0. The first-order valence-corrected chi connectivity index (χ1v) is 3.55. The van der Waals surface area contributed by atoms with Gasteiger partial charge in [-0.1, -0.05) is 0 Å². The molecular formula is C7H12NO-. The van der Waals surface area contributed by atoms with E-state index in [9.17, 15) is 0 Å². The van der Waals surface area contributed by atoms with Gasteiger partial charge in [-0.15, -0.1) is 0 Å². The van der Waals surface area contributed by atoms with Crippen LogP contribution in [0.2, 0.25) is 0 Å². The second-order valence-electron chi connectivity index (χ2n) is 2.96. The molecule has 3 aliphatic rings. The largest absolute Gasteiger partial charge is 0.453 e. The van der Waals surface area contributed by atoms with E-state index >= 15 is 0 Å². The molecular weight excluding hydrogens is 114 g/mol. The molecule has 52 valence electrons. The summed E-state index contributed by atoms with van der Waals surface area (Å²) < 4.78 is 5.47. The van der Waals surface area contributed by atoms with Gasteiger partial charge in [-0.05, 0) is 19.4 Å². The molecule has 2 nitrogen and oxygen atoms in total. The molecule has 3 fully saturated rings. The summed E-state index contributed by atoms with van der Waals surface area (Å²) in [4.78, 5) is 2.16. The minimum Gasteiger partial charge on any atom is -0.453 e. The van der Waals surface area contributed by atoms with Crippen molar-refractivity contribution in [2.45, 2.75) is 25.0 Å². The molecule has 0 saturated carbocycles. The van der Waals surface area contributed by atoms with Crippen LogP contribution in [0, 0.1) is 7.05 Å². The van der Waals surface area contributed by atoms with Crippen LogP contribution in [-0.2, 0) is 4.74 Å². The third kappa shape index (κ3) is 0.864. The number of fused-ring (bicyclic) bond motifs is 3. The molecule has 0 aliphatic carbocycles. The third-order valence-electron chi connectivity index (χ3n) is 2.30. The van der Waals surface area contributed by atoms with Crippen molar-refractivity contribution in [1.82, 2.24) is 4.90 Å². The van der Waals surface area contributed by atoms with Crippen molar-refractivity contribution in [3.8, 4) is 0 Å². The third-order valence-corrected chi connectivity index (χ3v) is 2.30. The summed E-state index contributed by atoms with van der Waals surface area (Å²) >= 11 is 0. The summed E-state index contributed by atoms with van der Waals surface area (Å²) in [6, 6.07) is 0.620. The molecule has 3 aliphatic heterocycles. The fourth-order valence-electron chi connectivity index (χ4n) is 1.63. The highest BCUT2D eigenvalue weighted by Crippen LogP contribution is 2.24. The highest BCUT2D eigenvalue weighted by atomic mass is 16.5. The predicted octanol–water partition coefficient (Wildman–Crippen LogP) is 0.641. The van der Waals surface area contributed by atoms with Gasteiger partial charge in [-0.2, -0.15) is 0 Å². The van der Waals surface area contributed by atoms with Crippen LogP contribution in [0.5, 0.6) is 0 Å². The first-order valence-electron chi connectivity index (χ1n) is 3.55. The van der Waals surface area contributed by atoms with E-state index in [0.29, 0.717) is 12.1 Å². The molecule has 3 heterocycles. The molecule has 2 bridgehead atoms. The Morgan fingerprint density at radius 3 is 2.56 bits per heavy atom. The Bertz CT molecular complexity index is 107. The average molecular weight is 126 g/mol. The Labute approximate surface area is 55.8 Å². The molecule has 0 aromatic rings. The SMILES string of the molecule is [CH2-]N1C[C@H]2CC[C@@H]1CO2. The Balaban J connectivity index is 2.06. The lowest BCUT2D eigenvalue weighted by Gasteiger charge is -2.48. The van der Waals surface area contributed by atoms with E-state index in [2.05, 4.69) is 11.9 Å². The van der Waals surface area contributed by atoms with Crippen LogP contribution in [0.15, 0.2) is 0 Å². The molecule has 2 heteroatoms. The zero-order valence-corrected chi connectivity index (χ0v) is 5.55. The summed E-state index contributed by atoms with van der Waals surface area (Å²) in [7, 11) is 3.93. The van der Waals surface area contributed by atoms with E-state index in [0.717, 1.165) is 13.2 Å². The van der Waals surface area contributed by atoms with Crippen molar-refractivity contribution in [3.63, 3.8) is 0 Å². The lowest BCUT2D eigenvalue weighted by atomic mass is 9.98. The fourth-order valence-corrected chi connectivity index (χ4v) is 1.63. The van der Waals surface area contributed by atoms with Gasteiger partial charge in [0.15, 0.2) is 0 Å². The number of hydrogen-bond acceptors (Lipinski definition) is 2. The van der Waals surface area contributed by atoms with Crippen molar-refractivity contribution in [2.75, 3.05) is 13.2 Å². The van der Waals surface area contributed by atoms with Crippen LogP contribution >= 0.6 is 0 Å². The standard InChI is InChI=1S/C7H12NO/c1-8-4-7-3-2-6(8)5-9-7/h6-7H,1-5H2/q-1/t6-,7-/m1/s1. The van der Waals surface area contributed by atoms with Gasteiger partial charge in [-0.25, -0.2) is 0 Å². The maximum absolute atomic E-state index is 5.47. The van der Waals surface area contributed by atoms with Gasteiger partial charge in [0.1, 0.15) is 0 Å². The highest BCUT2D eigenvalue weighted by Gasteiger charge is 2.28. The lowest BCUT2D eigenvalue weighted by molar-refractivity contribution is -0.0897. The molecule has 0 aromatic heterocycles. The van der Waals surface area contributed by atoms with Crippen LogP contribution in [0.25, 0.3) is 0 Å². The number of ether oxygens (including phenoxy) is 1. The molecule has 0 unspecified atom stereocenters. The number of morpholine rings is 1. The summed E-state index contributed by atoms with van der Waals surface area (Å²) in [5, 5.41) is 0. The Kier molecular flexibility index (Phi) is 1.24. The van der Waals surface area contributed by atoms with Gasteiger partial charge in [-0.3, -0.25) is 7.05 Å². The number of rotatable bonds is 0. The Hall–Kier alpha value is -0.0800. The maximum atomic E-state index is 5.47. The summed E-state index contributed by atoms with van der Waals surface area (Å²) in [6.45, 7) is 1.96.